The third kappa shape index (κ3) is 4.26. The van der Waals surface area contributed by atoms with Gasteiger partial charge in [-0.1, -0.05) is 36.4 Å². The van der Waals surface area contributed by atoms with Crippen molar-refractivity contribution in [3.05, 3.63) is 84.9 Å². The van der Waals surface area contributed by atoms with E-state index in [0.717, 1.165) is 56.4 Å². The molecule has 4 aromatic carbocycles. The zero-order chi connectivity index (χ0) is 22.5. The Balaban J connectivity index is 1.94. The van der Waals surface area contributed by atoms with E-state index in [2.05, 4.69) is 48.5 Å². The molecule has 0 aliphatic heterocycles. The van der Waals surface area contributed by atoms with Crippen LogP contribution in [0.4, 0.5) is 0 Å². The summed E-state index contributed by atoms with van der Waals surface area (Å²) in [6.45, 7) is 0. The van der Waals surface area contributed by atoms with E-state index in [-0.39, 0.29) is 0 Å². The van der Waals surface area contributed by atoms with E-state index in [1.54, 1.807) is 28.4 Å². The molecule has 4 nitrogen and oxygen atoms in total. The van der Waals surface area contributed by atoms with E-state index in [9.17, 15) is 0 Å². The number of hydrogen-bond acceptors (Lipinski definition) is 4. The summed E-state index contributed by atoms with van der Waals surface area (Å²) < 4.78 is 21.8. The lowest BCUT2D eigenvalue weighted by atomic mass is 9.89. The fourth-order valence-electron chi connectivity index (χ4n) is 3.79. The fourth-order valence-corrected chi connectivity index (χ4v) is 3.79. The fraction of sp³-hybridized carbons (Fsp3) is 0.143. The van der Waals surface area contributed by atoms with Gasteiger partial charge in [0, 0.05) is 0 Å². The van der Waals surface area contributed by atoms with Gasteiger partial charge >= 0.3 is 0 Å². The van der Waals surface area contributed by atoms with Crippen LogP contribution in [0.25, 0.3) is 33.4 Å². The molecule has 0 unspecified atom stereocenters. The standard InChI is InChI=1S/C28H26O4/c1-29-21-9-5-19(6-10-21)25-15-13-23(31-3)17-27(25)28-18-24(32-4)14-16-26(28)20-7-11-22(30-2)12-8-20/h5-18H,1-4H3. The first kappa shape index (κ1) is 21.3. The first-order valence-corrected chi connectivity index (χ1v) is 10.3. The summed E-state index contributed by atoms with van der Waals surface area (Å²) in [4.78, 5) is 0. The van der Waals surface area contributed by atoms with Crippen LogP contribution in [-0.4, -0.2) is 28.4 Å². The van der Waals surface area contributed by atoms with Crippen molar-refractivity contribution in [2.24, 2.45) is 0 Å². The van der Waals surface area contributed by atoms with Crippen LogP contribution in [0.15, 0.2) is 84.9 Å². The minimum absolute atomic E-state index is 0.792. The Morgan fingerprint density at radius 3 is 0.969 bits per heavy atom. The number of methoxy groups -OCH3 is 4. The van der Waals surface area contributed by atoms with Crippen LogP contribution < -0.4 is 18.9 Å². The molecule has 0 bridgehead atoms. The van der Waals surface area contributed by atoms with Gasteiger partial charge in [0.2, 0.25) is 0 Å². The average Bonchev–Trinajstić information content (AvgIpc) is 2.88. The Kier molecular flexibility index (Phi) is 6.31. The van der Waals surface area contributed by atoms with Crippen LogP contribution in [0.1, 0.15) is 0 Å². The summed E-state index contributed by atoms with van der Waals surface area (Å²) in [5, 5.41) is 0. The van der Waals surface area contributed by atoms with Crippen molar-refractivity contribution in [3.8, 4) is 56.4 Å². The van der Waals surface area contributed by atoms with E-state index in [0.29, 0.717) is 0 Å². The molecule has 0 spiro atoms. The third-order valence-electron chi connectivity index (χ3n) is 5.55. The molecule has 0 aliphatic rings. The third-order valence-corrected chi connectivity index (χ3v) is 5.55. The lowest BCUT2D eigenvalue weighted by Crippen LogP contribution is -1.93. The van der Waals surface area contributed by atoms with Gasteiger partial charge in [0.25, 0.3) is 0 Å². The minimum Gasteiger partial charge on any atom is -0.497 e. The molecular weight excluding hydrogens is 400 g/mol. The lowest BCUT2D eigenvalue weighted by molar-refractivity contribution is 0.414. The molecule has 32 heavy (non-hydrogen) atoms. The number of hydrogen-bond donors (Lipinski definition) is 0. The molecule has 0 aromatic heterocycles. The second-order valence-electron chi connectivity index (χ2n) is 7.28. The minimum atomic E-state index is 0.792. The highest BCUT2D eigenvalue weighted by atomic mass is 16.5. The maximum absolute atomic E-state index is 5.57. The van der Waals surface area contributed by atoms with Crippen LogP contribution in [0.5, 0.6) is 23.0 Å². The predicted octanol–water partition coefficient (Wildman–Crippen LogP) is 6.72. The Labute approximate surface area is 189 Å². The molecule has 0 saturated carbocycles. The molecule has 4 heteroatoms. The van der Waals surface area contributed by atoms with E-state index in [4.69, 9.17) is 18.9 Å². The Morgan fingerprint density at radius 2 is 0.656 bits per heavy atom. The molecule has 0 fully saturated rings. The number of benzene rings is 4. The first-order chi connectivity index (χ1) is 15.7. The van der Waals surface area contributed by atoms with Gasteiger partial charge in [-0.15, -0.1) is 0 Å². The molecule has 0 heterocycles. The van der Waals surface area contributed by atoms with Crippen LogP contribution in [0.2, 0.25) is 0 Å². The lowest BCUT2D eigenvalue weighted by Gasteiger charge is -2.17. The second kappa shape index (κ2) is 9.48. The van der Waals surface area contributed by atoms with Gasteiger partial charge in [-0.2, -0.15) is 0 Å². The smallest absolute Gasteiger partial charge is 0.119 e. The number of rotatable bonds is 7. The highest BCUT2D eigenvalue weighted by molar-refractivity contribution is 5.93. The molecule has 4 rings (SSSR count). The molecular formula is C28H26O4. The molecule has 0 saturated heterocycles. The zero-order valence-electron chi connectivity index (χ0n) is 18.7. The average molecular weight is 427 g/mol. The largest absolute Gasteiger partial charge is 0.497 e. The van der Waals surface area contributed by atoms with Crippen LogP contribution in [0, 0.1) is 0 Å². The Hall–Kier alpha value is -3.92. The van der Waals surface area contributed by atoms with Crippen molar-refractivity contribution in [1.82, 2.24) is 0 Å². The van der Waals surface area contributed by atoms with Crippen LogP contribution >= 0.6 is 0 Å². The first-order valence-electron chi connectivity index (χ1n) is 10.3. The van der Waals surface area contributed by atoms with Gasteiger partial charge in [0.1, 0.15) is 23.0 Å². The highest BCUT2D eigenvalue weighted by Crippen LogP contribution is 2.42. The van der Waals surface area contributed by atoms with Gasteiger partial charge in [-0.05, 0) is 81.9 Å². The Morgan fingerprint density at radius 1 is 0.344 bits per heavy atom. The van der Waals surface area contributed by atoms with Crippen molar-refractivity contribution in [3.63, 3.8) is 0 Å². The normalized spacial score (nSPS) is 10.5. The van der Waals surface area contributed by atoms with Crippen LogP contribution in [0.3, 0.4) is 0 Å². The predicted molar refractivity (Wildman–Crippen MR) is 129 cm³/mol. The van der Waals surface area contributed by atoms with Crippen LogP contribution in [-0.2, 0) is 0 Å². The maximum atomic E-state index is 5.57. The summed E-state index contributed by atoms with van der Waals surface area (Å²) >= 11 is 0. The number of ether oxygens (including phenoxy) is 4. The summed E-state index contributed by atoms with van der Waals surface area (Å²) in [7, 11) is 6.71. The summed E-state index contributed by atoms with van der Waals surface area (Å²) in [5.41, 5.74) is 6.48. The summed E-state index contributed by atoms with van der Waals surface area (Å²) in [6, 6.07) is 28.4. The van der Waals surface area contributed by atoms with Gasteiger partial charge < -0.3 is 18.9 Å². The molecule has 0 radical (unpaired) electrons. The monoisotopic (exact) mass is 426 g/mol. The van der Waals surface area contributed by atoms with Crippen molar-refractivity contribution in [2.45, 2.75) is 0 Å². The summed E-state index contributed by atoms with van der Waals surface area (Å²) in [5.74, 6) is 3.23. The van der Waals surface area contributed by atoms with E-state index in [1.807, 2.05) is 36.4 Å². The molecule has 162 valence electrons. The summed E-state index contributed by atoms with van der Waals surface area (Å²) in [6.07, 6.45) is 0. The maximum Gasteiger partial charge on any atom is 0.119 e. The van der Waals surface area contributed by atoms with Gasteiger partial charge in [0.15, 0.2) is 0 Å². The second-order valence-corrected chi connectivity index (χ2v) is 7.28. The van der Waals surface area contributed by atoms with E-state index < -0.39 is 0 Å². The van der Waals surface area contributed by atoms with Crippen molar-refractivity contribution < 1.29 is 18.9 Å². The Bertz CT molecular complexity index is 1100. The quantitative estimate of drug-likeness (QED) is 0.329. The topological polar surface area (TPSA) is 36.9 Å². The zero-order valence-corrected chi connectivity index (χ0v) is 18.7. The van der Waals surface area contributed by atoms with Crippen molar-refractivity contribution in [1.29, 1.82) is 0 Å². The SMILES string of the molecule is COc1ccc(-c2ccc(OC)cc2-c2cc(OC)ccc2-c2ccc(OC)cc2)cc1. The van der Waals surface area contributed by atoms with Gasteiger partial charge in [-0.3, -0.25) is 0 Å². The van der Waals surface area contributed by atoms with E-state index in [1.165, 1.54) is 0 Å². The van der Waals surface area contributed by atoms with Gasteiger partial charge in [-0.25, -0.2) is 0 Å². The molecule has 0 N–H and O–H groups in total. The molecule has 0 atom stereocenters. The van der Waals surface area contributed by atoms with Gasteiger partial charge in [0.05, 0.1) is 28.4 Å². The van der Waals surface area contributed by atoms with Crippen molar-refractivity contribution >= 4 is 0 Å². The van der Waals surface area contributed by atoms with Crippen molar-refractivity contribution in [2.75, 3.05) is 28.4 Å². The van der Waals surface area contributed by atoms with E-state index >= 15 is 0 Å². The molecule has 0 aliphatic carbocycles. The molecule has 4 aromatic rings. The molecule has 0 amide bonds. The highest BCUT2D eigenvalue weighted by Gasteiger charge is 2.15.